The van der Waals surface area contributed by atoms with Crippen molar-refractivity contribution in [3.63, 3.8) is 0 Å². The monoisotopic (exact) mass is 696 g/mol. The third-order valence-electron chi connectivity index (χ3n) is 11.0. The summed E-state index contributed by atoms with van der Waals surface area (Å²) in [5, 5.41) is 0. The highest BCUT2D eigenvalue weighted by Gasteiger charge is 2.51. The molecule has 2 saturated heterocycles. The van der Waals surface area contributed by atoms with E-state index in [4.69, 9.17) is 23.7 Å². The molecule has 7 heteroatoms. The Bertz CT molecular complexity index is 1510. The zero-order chi connectivity index (χ0) is 35.4. The second kappa shape index (κ2) is 18.7. The number of hydrogen-bond donors (Lipinski definition) is 0. The van der Waals surface area contributed by atoms with Crippen LogP contribution in [0, 0.1) is 5.92 Å². The van der Waals surface area contributed by atoms with Crippen molar-refractivity contribution in [3.05, 3.63) is 89.5 Å². The molecule has 6 rings (SSSR count). The largest absolute Gasteiger partial charge is 0.494 e. The van der Waals surface area contributed by atoms with Crippen LogP contribution in [0.1, 0.15) is 130 Å². The van der Waals surface area contributed by atoms with E-state index in [1.165, 1.54) is 82.6 Å². The van der Waals surface area contributed by atoms with Gasteiger partial charge in [-0.1, -0.05) is 102 Å². The summed E-state index contributed by atoms with van der Waals surface area (Å²) in [7, 11) is 0. The van der Waals surface area contributed by atoms with Crippen molar-refractivity contribution >= 4 is 11.9 Å². The van der Waals surface area contributed by atoms with Gasteiger partial charge in [-0.25, -0.2) is 9.59 Å². The number of hydrogen-bond acceptors (Lipinski definition) is 7. The first kappa shape index (κ1) is 37.1. The van der Waals surface area contributed by atoms with Crippen molar-refractivity contribution in [3.8, 4) is 16.9 Å². The minimum absolute atomic E-state index is 0.190. The Balaban J connectivity index is 0.934. The van der Waals surface area contributed by atoms with Crippen LogP contribution in [0.3, 0.4) is 0 Å². The Hall–Kier alpha value is -3.68. The summed E-state index contributed by atoms with van der Waals surface area (Å²) in [6.07, 6.45) is 14.4. The average molecular weight is 697 g/mol. The molecule has 51 heavy (non-hydrogen) atoms. The molecule has 3 aromatic carbocycles. The van der Waals surface area contributed by atoms with Crippen LogP contribution in [0.4, 0.5) is 0 Å². The number of unbranched alkanes of at least 4 members (excludes halogenated alkanes) is 6. The lowest BCUT2D eigenvalue weighted by Crippen LogP contribution is -2.36. The van der Waals surface area contributed by atoms with Gasteiger partial charge in [-0.05, 0) is 97.0 Å². The third kappa shape index (κ3) is 10.0. The highest BCUT2D eigenvalue weighted by molar-refractivity contribution is 5.90. The summed E-state index contributed by atoms with van der Waals surface area (Å²) in [5.74, 6) is 1.48. The summed E-state index contributed by atoms with van der Waals surface area (Å²) < 4.78 is 29.5. The van der Waals surface area contributed by atoms with Crippen molar-refractivity contribution in [1.29, 1.82) is 0 Å². The van der Waals surface area contributed by atoms with Crippen LogP contribution < -0.4 is 4.74 Å². The van der Waals surface area contributed by atoms with Crippen LogP contribution in [0.15, 0.2) is 72.8 Å². The molecular formula is C44H56O7. The normalized spacial score (nSPS) is 24.2. The maximum Gasteiger partial charge on any atom is 0.338 e. The van der Waals surface area contributed by atoms with E-state index < -0.39 is 30.4 Å². The van der Waals surface area contributed by atoms with Crippen molar-refractivity contribution in [2.24, 2.45) is 5.92 Å². The molecule has 0 aromatic heterocycles. The van der Waals surface area contributed by atoms with E-state index in [1.807, 2.05) is 48.5 Å². The van der Waals surface area contributed by atoms with E-state index in [-0.39, 0.29) is 19.2 Å². The first-order valence-electron chi connectivity index (χ1n) is 19.6. The second-order valence-corrected chi connectivity index (χ2v) is 14.7. The van der Waals surface area contributed by atoms with Gasteiger partial charge in [-0.15, -0.1) is 0 Å². The zero-order valence-electron chi connectivity index (χ0n) is 30.6. The van der Waals surface area contributed by atoms with Crippen molar-refractivity contribution in [2.45, 2.75) is 128 Å². The Morgan fingerprint density at radius 1 is 0.608 bits per heavy atom. The zero-order valence-corrected chi connectivity index (χ0v) is 30.6. The van der Waals surface area contributed by atoms with Gasteiger partial charge >= 0.3 is 11.9 Å². The number of carbonyl (C=O) groups is 2. The fourth-order valence-electron chi connectivity index (χ4n) is 7.84. The number of carbonyl (C=O) groups excluding carboxylic acids is 2. The van der Waals surface area contributed by atoms with Gasteiger partial charge in [0.2, 0.25) is 0 Å². The quantitative estimate of drug-likeness (QED) is 0.103. The van der Waals surface area contributed by atoms with Crippen LogP contribution in [-0.4, -0.2) is 56.2 Å². The van der Waals surface area contributed by atoms with Crippen LogP contribution in [0.2, 0.25) is 0 Å². The van der Waals surface area contributed by atoms with E-state index in [0.29, 0.717) is 17.0 Å². The molecule has 7 nitrogen and oxygen atoms in total. The maximum atomic E-state index is 13.1. The Kier molecular flexibility index (Phi) is 13.6. The lowest BCUT2D eigenvalue weighted by molar-refractivity contribution is -0.0287. The Morgan fingerprint density at radius 3 is 1.67 bits per heavy atom. The molecule has 4 atom stereocenters. The molecule has 2 aliphatic heterocycles. The molecule has 1 aliphatic carbocycles. The van der Waals surface area contributed by atoms with Crippen molar-refractivity contribution < 1.29 is 33.3 Å². The topological polar surface area (TPSA) is 80.3 Å². The van der Waals surface area contributed by atoms with Gasteiger partial charge in [0.25, 0.3) is 0 Å². The van der Waals surface area contributed by atoms with Gasteiger partial charge in [0.1, 0.15) is 18.0 Å². The van der Waals surface area contributed by atoms with E-state index in [1.54, 1.807) is 12.1 Å². The van der Waals surface area contributed by atoms with Gasteiger partial charge in [0.05, 0.1) is 30.9 Å². The van der Waals surface area contributed by atoms with Crippen LogP contribution in [-0.2, 0) is 18.9 Å². The van der Waals surface area contributed by atoms with Gasteiger partial charge in [-0.3, -0.25) is 0 Å². The van der Waals surface area contributed by atoms with Gasteiger partial charge in [0.15, 0.2) is 12.2 Å². The van der Waals surface area contributed by atoms with Crippen LogP contribution in [0.5, 0.6) is 5.75 Å². The van der Waals surface area contributed by atoms with Gasteiger partial charge < -0.3 is 23.7 Å². The molecule has 0 radical (unpaired) electrons. The van der Waals surface area contributed by atoms with E-state index >= 15 is 0 Å². The minimum atomic E-state index is -0.578. The summed E-state index contributed by atoms with van der Waals surface area (Å²) in [4.78, 5) is 26.2. The second-order valence-electron chi connectivity index (χ2n) is 14.7. The lowest BCUT2D eigenvalue weighted by Gasteiger charge is -2.29. The number of fused-ring (bicyclic) bond motifs is 1. The van der Waals surface area contributed by atoms with Crippen molar-refractivity contribution in [1.82, 2.24) is 0 Å². The summed E-state index contributed by atoms with van der Waals surface area (Å²) >= 11 is 0. The molecule has 0 spiro atoms. The highest BCUT2D eigenvalue weighted by Crippen LogP contribution is 2.38. The predicted octanol–water partition coefficient (Wildman–Crippen LogP) is 10.1. The molecular weight excluding hydrogens is 640 g/mol. The Morgan fingerprint density at radius 2 is 1.12 bits per heavy atom. The fraction of sp³-hybridized carbons (Fsp3) is 0.545. The molecule has 2 heterocycles. The summed E-state index contributed by atoms with van der Waals surface area (Å²) in [6, 6.07) is 23.4. The molecule has 3 fully saturated rings. The fourth-order valence-corrected chi connectivity index (χ4v) is 7.84. The van der Waals surface area contributed by atoms with Crippen LogP contribution >= 0.6 is 0 Å². The molecule has 1 saturated carbocycles. The first-order chi connectivity index (χ1) is 25.0. The van der Waals surface area contributed by atoms with Crippen LogP contribution in [0.25, 0.3) is 11.1 Å². The molecule has 3 aromatic rings. The number of rotatable bonds is 17. The van der Waals surface area contributed by atoms with Gasteiger partial charge in [-0.2, -0.15) is 0 Å². The minimum Gasteiger partial charge on any atom is -0.494 e. The maximum absolute atomic E-state index is 13.1. The average Bonchev–Trinajstić information content (AvgIpc) is 3.76. The predicted molar refractivity (Wildman–Crippen MR) is 199 cm³/mol. The summed E-state index contributed by atoms with van der Waals surface area (Å²) in [5.41, 5.74) is 4.33. The molecule has 3 aliphatic rings. The van der Waals surface area contributed by atoms with Gasteiger partial charge in [0, 0.05) is 0 Å². The smallest absolute Gasteiger partial charge is 0.338 e. The number of benzene rings is 3. The standard InChI is InChI=1S/C44H56O7/c1-3-5-7-9-11-31-12-14-32(15-13-31)33-16-20-36(21-17-33)43(45)50-39-29-48-42-40(30-49-41(39)42)51-44(46)37-22-18-34(19-23-37)35-24-26-38(27-25-35)47-28-10-8-6-4-2/h16-27,31-32,39-42H,3-15,28-30H2,1-2H3/t31?,32?,39-,40+,41-,42-/m0/s1. The number of esters is 2. The molecule has 0 bridgehead atoms. The van der Waals surface area contributed by atoms with E-state index in [9.17, 15) is 9.59 Å². The third-order valence-corrected chi connectivity index (χ3v) is 11.0. The molecule has 0 N–H and O–H groups in total. The number of ether oxygens (including phenoxy) is 5. The summed E-state index contributed by atoms with van der Waals surface area (Å²) in [6.45, 7) is 5.59. The Labute approximate surface area is 304 Å². The molecule has 0 amide bonds. The molecule has 274 valence electrons. The van der Waals surface area contributed by atoms with Crippen molar-refractivity contribution in [2.75, 3.05) is 19.8 Å². The van der Waals surface area contributed by atoms with E-state index in [2.05, 4.69) is 26.0 Å². The lowest BCUT2D eigenvalue weighted by atomic mass is 9.77. The molecule has 0 unspecified atom stereocenters. The highest BCUT2D eigenvalue weighted by atomic mass is 16.7. The van der Waals surface area contributed by atoms with E-state index in [0.717, 1.165) is 35.8 Å². The first-order valence-corrected chi connectivity index (χ1v) is 19.6. The SMILES string of the molecule is CCCCCCOc1ccc(-c2ccc(C(=O)O[C@@H]3CO[C@@H]4[C@H]3OC[C@@H]4OC(=O)c3ccc(C4CCC(CCCCCC)CC4)cc3)cc2)cc1.